The fourth-order valence-corrected chi connectivity index (χ4v) is 4.38. The molecule has 0 bridgehead atoms. The Morgan fingerprint density at radius 1 is 1.43 bits per heavy atom. The number of halogens is 1. The van der Waals surface area contributed by atoms with Crippen LogP contribution in [-0.2, 0) is 11.3 Å². The van der Waals surface area contributed by atoms with Gasteiger partial charge in [-0.05, 0) is 25.5 Å². The van der Waals surface area contributed by atoms with Crippen LogP contribution < -0.4 is 10.1 Å². The molecule has 2 atom stereocenters. The number of ether oxygens (including phenoxy) is 1. The number of rotatable bonds is 10. The number of carbonyl (C=O) groups excluding carboxylic acids is 1. The highest BCUT2D eigenvalue weighted by atomic mass is 35.5. The van der Waals surface area contributed by atoms with Gasteiger partial charge in [0.2, 0.25) is 5.91 Å². The molecule has 10 heteroatoms. The zero-order valence-corrected chi connectivity index (χ0v) is 19.0. The van der Waals surface area contributed by atoms with Crippen molar-refractivity contribution < 1.29 is 9.53 Å². The maximum Gasteiger partial charge on any atom is 0.239 e. The molecule has 0 spiro atoms. The highest BCUT2D eigenvalue weighted by molar-refractivity contribution is 8.00. The van der Waals surface area contributed by atoms with Crippen molar-refractivity contribution in [3.63, 3.8) is 0 Å². The number of thiazole rings is 1. The molecule has 0 saturated heterocycles. The Kier molecular flexibility index (Phi) is 7.89. The van der Waals surface area contributed by atoms with Crippen LogP contribution in [-0.4, -0.2) is 30.9 Å². The van der Waals surface area contributed by atoms with E-state index in [9.17, 15) is 4.79 Å². The molecule has 2 unspecified atom stereocenters. The monoisotopic (exact) mass is 463 g/mol. The molecule has 0 aliphatic heterocycles. The van der Waals surface area contributed by atoms with Gasteiger partial charge in [0.15, 0.2) is 22.2 Å². The summed E-state index contributed by atoms with van der Waals surface area (Å²) in [6.07, 6.45) is 3.65. The molecule has 30 heavy (non-hydrogen) atoms. The number of carbonyl (C=O) groups is 1. The minimum Gasteiger partial charge on any atom is -0.481 e. The normalized spacial score (nSPS) is 12.9. The maximum absolute atomic E-state index is 12.7. The van der Waals surface area contributed by atoms with Gasteiger partial charge in [-0.25, -0.2) is 4.98 Å². The van der Waals surface area contributed by atoms with Crippen molar-refractivity contribution in [1.82, 2.24) is 19.7 Å². The fourth-order valence-electron chi connectivity index (χ4n) is 2.69. The van der Waals surface area contributed by atoms with Gasteiger partial charge in [-0.3, -0.25) is 9.36 Å². The SMILES string of the molecule is C=CCn1c(SC(CC)C(=O)Nc2nccs2)nnc1C(C)Oc1ccccc1Cl. The number of amides is 1. The van der Waals surface area contributed by atoms with Gasteiger partial charge in [-0.2, -0.15) is 0 Å². The first-order valence-electron chi connectivity index (χ1n) is 9.35. The van der Waals surface area contributed by atoms with Crippen molar-refractivity contribution in [2.45, 2.75) is 43.3 Å². The third-order valence-electron chi connectivity index (χ3n) is 4.13. The molecule has 0 saturated carbocycles. The molecule has 2 heterocycles. The molecule has 0 fully saturated rings. The summed E-state index contributed by atoms with van der Waals surface area (Å²) in [5.74, 6) is 1.09. The van der Waals surface area contributed by atoms with E-state index in [1.807, 2.05) is 35.9 Å². The predicted octanol–water partition coefficient (Wildman–Crippen LogP) is 5.22. The second-order valence-corrected chi connectivity index (χ2v) is 8.74. The lowest BCUT2D eigenvalue weighted by Crippen LogP contribution is -2.25. The van der Waals surface area contributed by atoms with Crippen LogP contribution in [0.2, 0.25) is 5.02 Å². The molecule has 1 amide bonds. The van der Waals surface area contributed by atoms with Crippen molar-refractivity contribution in [2.75, 3.05) is 5.32 Å². The summed E-state index contributed by atoms with van der Waals surface area (Å²) in [7, 11) is 0. The average Bonchev–Trinajstić information content (AvgIpc) is 3.38. The Labute approximate surface area is 188 Å². The number of anilines is 1. The summed E-state index contributed by atoms with van der Waals surface area (Å²) in [6.45, 7) is 8.16. The molecule has 7 nitrogen and oxygen atoms in total. The number of hydrogen-bond donors (Lipinski definition) is 1. The predicted molar refractivity (Wildman–Crippen MR) is 121 cm³/mol. The van der Waals surface area contributed by atoms with E-state index >= 15 is 0 Å². The summed E-state index contributed by atoms with van der Waals surface area (Å²) in [6, 6.07) is 7.28. The second kappa shape index (κ2) is 10.6. The topological polar surface area (TPSA) is 81.9 Å². The number of benzene rings is 1. The summed E-state index contributed by atoms with van der Waals surface area (Å²) >= 11 is 8.94. The highest BCUT2D eigenvalue weighted by Gasteiger charge is 2.25. The van der Waals surface area contributed by atoms with Crippen LogP contribution in [0.15, 0.2) is 53.7 Å². The third-order valence-corrected chi connectivity index (χ3v) is 6.48. The van der Waals surface area contributed by atoms with Crippen LogP contribution in [0.4, 0.5) is 5.13 Å². The van der Waals surface area contributed by atoms with Crippen molar-refractivity contribution >= 4 is 45.7 Å². The average molecular weight is 464 g/mol. The number of allylic oxidation sites excluding steroid dienone is 1. The van der Waals surface area contributed by atoms with E-state index in [-0.39, 0.29) is 11.2 Å². The van der Waals surface area contributed by atoms with E-state index in [2.05, 4.69) is 27.1 Å². The molecule has 2 aromatic heterocycles. The first-order valence-corrected chi connectivity index (χ1v) is 11.5. The number of thioether (sulfide) groups is 1. The molecule has 158 valence electrons. The maximum atomic E-state index is 12.7. The van der Waals surface area contributed by atoms with Gasteiger partial charge in [0.25, 0.3) is 0 Å². The zero-order valence-electron chi connectivity index (χ0n) is 16.6. The number of nitrogens with zero attached hydrogens (tertiary/aromatic N) is 4. The van der Waals surface area contributed by atoms with E-state index in [4.69, 9.17) is 16.3 Å². The molecule has 0 aliphatic rings. The molecular formula is C20H22ClN5O2S2. The standard InChI is InChI=1S/C20H22ClN5O2S2/c1-4-11-26-17(13(3)28-15-9-7-6-8-14(15)21)24-25-20(26)30-16(5-2)18(27)23-19-22-10-12-29-19/h4,6-10,12-13,16H,1,5,11H2,2-3H3,(H,22,23,27). The van der Waals surface area contributed by atoms with Crippen LogP contribution in [0.25, 0.3) is 0 Å². The Balaban J connectivity index is 1.78. The lowest BCUT2D eigenvalue weighted by Gasteiger charge is -2.17. The molecule has 0 radical (unpaired) electrons. The molecule has 1 aromatic carbocycles. The van der Waals surface area contributed by atoms with Gasteiger partial charge in [-0.15, -0.1) is 28.1 Å². The lowest BCUT2D eigenvalue weighted by atomic mass is 10.3. The molecule has 0 aliphatic carbocycles. The van der Waals surface area contributed by atoms with Crippen molar-refractivity contribution in [2.24, 2.45) is 0 Å². The van der Waals surface area contributed by atoms with Crippen LogP contribution in [0.1, 0.15) is 32.2 Å². The van der Waals surface area contributed by atoms with Crippen LogP contribution >= 0.6 is 34.7 Å². The Bertz CT molecular complexity index is 993. The Morgan fingerprint density at radius 2 is 2.23 bits per heavy atom. The van der Waals surface area contributed by atoms with Crippen LogP contribution in [0.5, 0.6) is 5.75 Å². The van der Waals surface area contributed by atoms with E-state index in [1.165, 1.54) is 23.1 Å². The largest absolute Gasteiger partial charge is 0.481 e. The Hall–Kier alpha value is -2.36. The Morgan fingerprint density at radius 3 is 2.90 bits per heavy atom. The zero-order chi connectivity index (χ0) is 21.5. The van der Waals surface area contributed by atoms with Crippen LogP contribution in [0, 0.1) is 0 Å². The summed E-state index contributed by atoms with van der Waals surface area (Å²) < 4.78 is 7.90. The van der Waals surface area contributed by atoms with E-state index in [0.717, 1.165) is 0 Å². The first kappa shape index (κ1) is 22.3. The summed E-state index contributed by atoms with van der Waals surface area (Å²) in [5.41, 5.74) is 0. The lowest BCUT2D eigenvalue weighted by molar-refractivity contribution is -0.115. The number of hydrogen-bond acceptors (Lipinski definition) is 7. The smallest absolute Gasteiger partial charge is 0.239 e. The van der Waals surface area contributed by atoms with Gasteiger partial charge < -0.3 is 10.1 Å². The fraction of sp³-hybridized carbons (Fsp3) is 0.300. The van der Waals surface area contributed by atoms with E-state index < -0.39 is 6.10 Å². The van der Waals surface area contributed by atoms with Crippen molar-refractivity contribution in [3.8, 4) is 5.75 Å². The molecular weight excluding hydrogens is 442 g/mol. The van der Waals surface area contributed by atoms with Crippen LogP contribution in [0.3, 0.4) is 0 Å². The molecule has 3 rings (SSSR count). The highest BCUT2D eigenvalue weighted by Crippen LogP contribution is 2.31. The summed E-state index contributed by atoms with van der Waals surface area (Å²) in [4.78, 5) is 16.8. The van der Waals surface area contributed by atoms with E-state index in [1.54, 1.807) is 24.4 Å². The number of aromatic nitrogens is 4. The molecule has 1 N–H and O–H groups in total. The summed E-state index contributed by atoms with van der Waals surface area (Å²) in [5, 5.41) is 14.7. The number of nitrogens with one attached hydrogen (secondary N) is 1. The minimum absolute atomic E-state index is 0.118. The van der Waals surface area contributed by atoms with E-state index in [0.29, 0.717) is 39.9 Å². The van der Waals surface area contributed by atoms with Crippen molar-refractivity contribution in [1.29, 1.82) is 0 Å². The third kappa shape index (κ3) is 5.41. The number of para-hydroxylation sites is 1. The first-order chi connectivity index (χ1) is 14.5. The van der Waals surface area contributed by atoms with Gasteiger partial charge in [0, 0.05) is 18.1 Å². The second-order valence-electron chi connectivity index (χ2n) is 6.27. The minimum atomic E-state index is -0.393. The van der Waals surface area contributed by atoms with Gasteiger partial charge in [0.05, 0.1) is 10.3 Å². The van der Waals surface area contributed by atoms with Gasteiger partial charge >= 0.3 is 0 Å². The van der Waals surface area contributed by atoms with Gasteiger partial charge in [-0.1, -0.05) is 48.5 Å². The quantitative estimate of drug-likeness (QED) is 0.327. The van der Waals surface area contributed by atoms with Crippen molar-refractivity contribution in [3.05, 3.63) is 59.3 Å². The van der Waals surface area contributed by atoms with Gasteiger partial charge in [0.1, 0.15) is 5.75 Å². The molecule has 3 aromatic rings.